The van der Waals surface area contributed by atoms with Crippen molar-refractivity contribution in [2.75, 3.05) is 0 Å². The summed E-state index contributed by atoms with van der Waals surface area (Å²) in [6.07, 6.45) is 5.39. The predicted molar refractivity (Wildman–Crippen MR) is 372 cm³/mol. The van der Waals surface area contributed by atoms with Gasteiger partial charge in [-0.05, 0) is 142 Å². The Morgan fingerprint density at radius 2 is 1.00 bits per heavy atom. The molecule has 436 valence electrons. The molecule has 0 amide bonds. The van der Waals surface area contributed by atoms with E-state index in [1.165, 1.54) is 10.6 Å². The number of pyridine rings is 1. The van der Waals surface area contributed by atoms with Gasteiger partial charge >= 0.3 is 0 Å². The molecular weight excluding hydrogens is 1090 g/mol. The molecule has 0 saturated heterocycles. The number of hydrogen-bond donors (Lipinski definition) is 0. The van der Waals surface area contributed by atoms with E-state index in [-0.39, 0.29) is 43.8 Å². The molecule has 13 aromatic rings. The highest BCUT2D eigenvalue weighted by atomic mass is 28.3. The van der Waals surface area contributed by atoms with E-state index >= 15 is 0 Å². The molecule has 3 heterocycles. The summed E-state index contributed by atoms with van der Waals surface area (Å²) >= 11 is 0. The number of nitrogens with zero attached hydrogens (tertiary/aromatic N) is 4. The largest absolute Gasteiger partial charge is 0.458 e. The summed E-state index contributed by atoms with van der Waals surface area (Å²) in [6, 6.07) is 21.3. The second-order valence-electron chi connectivity index (χ2n) is 26.5. The number of ether oxygens (including phenoxy) is 1. The average molecular weight is 1180 g/mol. The molecule has 6 heteroatoms. The maximum atomic E-state index is 10.2. The quantitative estimate of drug-likeness (QED) is 0.0560. The van der Waals surface area contributed by atoms with Gasteiger partial charge in [-0.2, -0.15) is 0 Å². The first-order valence-electron chi connectivity index (χ1n) is 39.4. The van der Waals surface area contributed by atoms with Crippen LogP contribution in [0.3, 0.4) is 0 Å². The molecular formula is C82H78N4OSi. The van der Waals surface area contributed by atoms with E-state index in [1.54, 1.807) is 67.9 Å². The fraction of sp³-hybridized carbons (Fsp3) is 0.195. The van der Waals surface area contributed by atoms with Gasteiger partial charge in [0, 0.05) is 23.0 Å². The van der Waals surface area contributed by atoms with Gasteiger partial charge in [0.1, 0.15) is 17.3 Å². The lowest BCUT2D eigenvalue weighted by Gasteiger charge is -2.38. The highest BCUT2D eigenvalue weighted by Gasteiger charge is 2.45. The SMILES string of the molecule is [2H]c1c([2H])c([2H])c(-c2cc(C(C)(C)C)cc([Si](c3c([2H])c([2H])c([2H])c([2H])c3[2H])(c3c([2H])c([2H])c([2H])c([2H])c3[2H])c3c([2H])c([2H])c([2H])c([2H])c3[2H])c2-[n+]2[c-]n(-c3cccc(Oc4ccc5c6ccccc6n(-c6cc(C(C)(C)C)ccn6)c5c4)c3)c3cc(-c4cc(C(C)(C)C)cc(C(C)(C)C)c4)ccc32)c([2H])c1[2H]. The first-order chi connectivity index (χ1) is 50.4. The average Bonchev–Trinajstić information content (AvgIpc) is 0.753. The summed E-state index contributed by atoms with van der Waals surface area (Å²) in [5.74, 6) is 1.48. The van der Waals surface area contributed by atoms with Crippen LogP contribution in [0.4, 0.5) is 0 Å². The van der Waals surface area contributed by atoms with E-state index in [0.717, 1.165) is 44.1 Å². The third-order valence-electron chi connectivity index (χ3n) is 16.5. The third kappa shape index (κ3) is 10.6. The Labute approximate surface area is 549 Å². The zero-order valence-electron chi connectivity index (χ0n) is 71.4. The Hall–Kier alpha value is -9.36. The summed E-state index contributed by atoms with van der Waals surface area (Å²) in [4.78, 5) is 4.89. The number of rotatable bonds is 11. The lowest BCUT2D eigenvalue weighted by atomic mass is 9.79. The van der Waals surface area contributed by atoms with Crippen LogP contribution in [0.1, 0.15) is 133 Å². The van der Waals surface area contributed by atoms with Crippen LogP contribution in [-0.4, -0.2) is 22.2 Å². The van der Waals surface area contributed by atoms with Crippen molar-refractivity contribution in [2.45, 2.75) is 105 Å². The van der Waals surface area contributed by atoms with Crippen molar-refractivity contribution in [3.63, 3.8) is 0 Å². The highest BCUT2D eigenvalue weighted by Crippen LogP contribution is 2.40. The van der Waals surface area contributed by atoms with Gasteiger partial charge in [0.05, 0.1) is 60.9 Å². The first kappa shape index (κ1) is 38.7. The molecule has 0 aliphatic rings. The van der Waals surface area contributed by atoms with Crippen molar-refractivity contribution in [1.29, 1.82) is 0 Å². The molecule has 13 rings (SSSR count). The van der Waals surface area contributed by atoms with Crippen LogP contribution in [-0.2, 0) is 21.7 Å². The molecule has 0 atom stereocenters. The maximum absolute atomic E-state index is 10.2. The summed E-state index contributed by atoms with van der Waals surface area (Å²) in [6.45, 7) is 24.5. The van der Waals surface area contributed by atoms with Crippen LogP contribution in [0, 0.1) is 6.33 Å². The first-order valence-corrected chi connectivity index (χ1v) is 31.4. The minimum absolute atomic E-state index is 0.194. The minimum atomic E-state index is -6.21. The minimum Gasteiger partial charge on any atom is -0.458 e. The van der Waals surface area contributed by atoms with Crippen LogP contribution in [0.25, 0.3) is 72.3 Å². The predicted octanol–water partition coefficient (Wildman–Crippen LogP) is 17.9. The number of hydrogen-bond acceptors (Lipinski definition) is 2. The Balaban J connectivity index is 1.24. The molecule has 0 aliphatic carbocycles. The highest BCUT2D eigenvalue weighted by molar-refractivity contribution is 7.20. The van der Waals surface area contributed by atoms with Gasteiger partial charge in [0.15, 0.2) is 8.07 Å². The van der Waals surface area contributed by atoms with Crippen LogP contribution in [0.2, 0.25) is 0 Å². The normalized spacial score (nSPS) is 15.7. The van der Waals surface area contributed by atoms with Crippen LogP contribution >= 0.6 is 0 Å². The second kappa shape index (κ2) is 22.1. The summed E-state index contributed by atoms with van der Waals surface area (Å²) in [5, 5.41) is -0.836. The monoisotopic (exact) mass is 1180 g/mol. The second-order valence-corrected chi connectivity index (χ2v) is 30.0. The van der Waals surface area contributed by atoms with Gasteiger partial charge in [-0.3, -0.25) is 13.7 Å². The lowest BCUT2D eigenvalue weighted by molar-refractivity contribution is -0.570. The molecule has 0 radical (unpaired) electrons. The van der Waals surface area contributed by atoms with Crippen molar-refractivity contribution in [3.05, 3.63) is 283 Å². The fourth-order valence-corrected chi connectivity index (χ4v) is 15.7. The van der Waals surface area contributed by atoms with Crippen molar-refractivity contribution in [2.24, 2.45) is 0 Å². The molecule has 0 bridgehead atoms. The smallest absolute Gasteiger partial charge is 0.269 e. The van der Waals surface area contributed by atoms with E-state index in [0.29, 0.717) is 34.1 Å². The van der Waals surface area contributed by atoms with Crippen LogP contribution in [0.5, 0.6) is 11.5 Å². The van der Waals surface area contributed by atoms with E-state index in [4.69, 9.17) is 15.2 Å². The van der Waals surface area contributed by atoms with Gasteiger partial charge < -0.3 is 4.74 Å². The Morgan fingerprint density at radius 3 is 1.60 bits per heavy atom. The summed E-state index contributed by atoms with van der Waals surface area (Å²) in [5.41, 5.74) is 4.49. The van der Waals surface area contributed by atoms with Crippen LogP contribution < -0.4 is 30.1 Å². The zero-order valence-corrected chi connectivity index (χ0v) is 52.4. The number of benzene rings is 10. The van der Waals surface area contributed by atoms with E-state index < -0.39 is 155 Å². The van der Waals surface area contributed by atoms with Gasteiger partial charge in [0.25, 0.3) is 6.33 Å². The summed E-state index contributed by atoms with van der Waals surface area (Å²) in [7, 11) is -6.21. The zero-order chi connectivity index (χ0) is 78.7. The van der Waals surface area contributed by atoms with Crippen molar-refractivity contribution in [3.8, 4) is 50.9 Å². The van der Waals surface area contributed by atoms with Gasteiger partial charge in [0.2, 0.25) is 0 Å². The van der Waals surface area contributed by atoms with E-state index in [2.05, 4.69) is 104 Å². The molecule has 0 N–H and O–H groups in total. The van der Waals surface area contributed by atoms with Gasteiger partial charge in [-0.25, -0.2) is 4.98 Å². The fourth-order valence-electron chi connectivity index (χ4n) is 11.7. The van der Waals surface area contributed by atoms with Crippen molar-refractivity contribution in [1.82, 2.24) is 14.1 Å². The molecule has 10 aromatic carbocycles. The van der Waals surface area contributed by atoms with Crippen molar-refractivity contribution < 1.29 is 36.7 Å². The third-order valence-corrected chi connectivity index (χ3v) is 20.6. The Morgan fingerprint density at radius 1 is 0.443 bits per heavy atom. The van der Waals surface area contributed by atoms with Gasteiger partial charge in [-0.15, -0.1) is 0 Å². The molecule has 3 aromatic heterocycles. The molecule has 88 heavy (non-hydrogen) atoms. The topological polar surface area (TPSA) is 35.9 Å². The maximum Gasteiger partial charge on any atom is 0.269 e. The molecule has 0 saturated carbocycles. The Kier molecular flexibility index (Phi) is 9.73. The molecule has 0 fully saturated rings. The lowest BCUT2D eigenvalue weighted by Crippen LogP contribution is -2.76. The number of aromatic nitrogens is 4. The van der Waals surface area contributed by atoms with E-state index in [9.17, 15) is 21.9 Å². The number of para-hydroxylation sites is 1. The number of imidazole rings is 1. The summed E-state index contributed by atoms with van der Waals surface area (Å²) < 4.78 is 205. The number of fused-ring (bicyclic) bond motifs is 4. The van der Waals surface area contributed by atoms with Crippen molar-refractivity contribution >= 4 is 61.7 Å². The standard InChI is InChI=1S/C82H78N4OSi/c1-79(2,3)59-44-45-83-77(52-59)86-72-39-26-25-38-69(72)70-42-41-65(54-74(70)86)87-64-31-27-30-63(53-64)84-55-85(73-43-40-57(48-75(73)84)58-46-60(80(4,5)6)49-61(47-58)81(7,8)9)78-71(56-28-17-13-18-29-56)50-62(82(10,11)12)51-76(78)88(66-32-19-14-20-33-66,67-34-21-15-22-35-67)68-36-23-16-24-37-68/h13-54H,1-12H3/i13D,14D,15D,16D,17D,18D,19D,20D,21D,22D,23D,24D,28D,29D,32D,33D,34D,35D,36D,37D. The molecule has 0 unspecified atom stereocenters. The molecule has 0 aliphatic heterocycles. The van der Waals surface area contributed by atoms with E-state index in [1.807, 2.05) is 54.6 Å². The molecule has 5 nitrogen and oxygen atoms in total. The van der Waals surface area contributed by atoms with Crippen LogP contribution in [0.15, 0.2) is 254 Å². The van der Waals surface area contributed by atoms with Gasteiger partial charge in [-0.1, -0.05) is 271 Å². The molecule has 0 spiro atoms. The Bertz CT molecular complexity index is 5680.